The van der Waals surface area contributed by atoms with Crippen molar-refractivity contribution in [1.29, 1.82) is 0 Å². The maximum absolute atomic E-state index is 12.7. The van der Waals surface area contributed by atoms with E-state index in [1.54, 1.807) is 43.5 Å². The quantitative estimate of drug-likeness (QED) is 0.362. The van der Waals surface area contributed by atoms with Gasteiger partial charge >= 0.3 is 0 Å². The Labute approximate surface area is 190 Å². The first-order valence-corrected chi connectivity index (χ1v) is 11.5. The third-order valence-corrected chi connectivity index (χ3v) is 6.48. The van der Waals surface area contributed by atoms with Crippen LogP contribution in [-0.4, -0.2) is 25.6 Å². The van der Waals surface area contributed by atoms with Gasteiger partial charge in [-0.2, -0.15) is 0 Å². The highest BCUT2D eigenvalue weighted by molar-refractivity contribution is 7.92. The lowest BCUT2D eigenvalue weighted by Gasteiger charge is -2.12. The van der Waals surface area contributed by atoms with E-state index in [0.29, 0.717) is 11.1 Å². The molecule has 0 bridgehead atoms. The van der Waals surface area contributed by atoms with E-state index in [4.69, 9.17) is 16.3 Å². The number of sulfonamides is 1. The molecule has 0 aliphatic carbocycles. The Morgan fingerprint density at radius 2 is 1.72 bits per heavy atom. The summed E-state index contributed by atoms with van der Waals surface area (Å²) in [5, 5.41) is 11.5. The van der Waals surface area contributed by atoms with Crippen LogP contribution in [0.25, 0.3) is 23.1 Å². The van der Waals surface area contributed by atoms with E-state index < -0.39 is 10.0 Å². The van der Waals surface area contributed by atoms with Crippen molar-refractivity contribution in [2.24, 2.45) is 0 Å². The van der Waals surface area contributed by atoms with Crippen molar-refractivity contribution < 1.29 is 18.3 Å². The van der Waals surface area contributed by atoms with Crippen molar-refractivity contribution in [3.8, 4) is 11.5 Å². The van der Waals surface area contributed by atoms with Crippen LogP contribution in [0.2, 0.25) is 5.02 Å². The van der Waals surface area contributed by atoms with E-state index in [9.17, 15) is 13.5 Å². The Hall–Kier alpha value is -3.55. The minimum Gasteiger partial charge on any atom is -0.504 e. The van der Waals surface area contributed by atoms with Crippen molar-refractivity contribution in [2.75, 3.05) is 11.8 Å². The van der Waals surface area contributed by atoms with Crippen LogP contribution in [-0.2, 0) is 10.0 Å². The molecule has 0 saturated carbocycles. The number of phenols is 1. The van der Waals surface area contributed by atoms with Crippen LogP contribution in [0.3, 0.4) is 0 Å². The molecule has 0 amide bonds. The van der Waals surface area contributed by atoms with E-state index >= 15 is 0 Å². The van der Waals surface area contributed by atoms with Crippen molar-refractivity contribution in [3.05, 3.63) is 89.1 Å². The average molecular weight is 467 g/mol. The molecule has 0 radical (unpaired) electrons. The molecule has 0 saturated heterocycles. The zero-order valence-corrected chi connectivity index (χ0v) is 18.6. The third-order valence-electron chi connectivity index (χ3n) is 4.78. The zero-order chi connectivity index (χ0) is 22.7. The van der Waals surface area contributed by atoms with Crippen LogP contribution in [0.15, 0.2) is 77.7 Å². The van der Waals surface area contributed by atoms with Crippen LogP contribution in [0.5, 0.6) is 11.5 Å². The van der Waals surface area contributed by atoms with Crippen LogP contribution in [0, 0.1) is 0 Å². The highest BCUT2D eigenvalue weighted by Gasteiger charge is 2.19. The molecule has 3 aromatic carbocycles. The fourth-order valence-corrected chi connectivity index (χ4v) is 4.46. The number of benzene rings is 3. The van der Waals surface area contributed by atoms with Gasteiger partial charge in [-0.05, 0) is 54.1 Å². The van der Waals surface area contributed by atoms with E-state index in [0.717, 1.165) is 11.3 Å². The number of nitrogens with one attached hydrogen (secondary N) is 1. The molecule has 1 aromatic heterocycles. The van der Waals surface area contributed by atoms with Gasteiger partial charge in [0.05, 0.1) is 28.4 Å². The molecule has 8 heteroatoms. The van der Waals surface area contributed by atoms with Crippen LogP contribution in [0.4, 0.5) is 5.69 Å². The number of aromatic nitrogens is 1. The molecular weight excluding hydrogens is 448 g/mol. The van der Waals surface area contributed by atoms with Gasteiger partial charge in [-0.15, -0.1) is 0 Å². The van der Waals surface area contributed by atoms with E-state index in [1.165, 1.54) is 18.2 Å². The summed E-state index contributed by atoms with van der Waals surface area (Å²) in [6, 6.07) is 20.2. The zero-order valence-electron chi connectivity index (χ0n) is 17.0. The Kier molecular flexibility index (Phi) is 6.03. The predicted molar refractivity (Wildman–Crippen MR) is 128 cm³/mol. The molecule has 0 atom stereocenters. The number of nitrogens with zero attached hydrogens (tertiary/aromatic N) is 1. The van der Waals surface area contributed by atoms with Gasteiger partial charge in [0, 0.05) is 5.39 Å². The summed E-state index contributed by atoms with van der Waals surface area (Å²) in [7, 11) is -2.30. The van der Waals surface area contributed by atoms with Crippen molar-refractivity contribution in [2.45, 2.75) is 4.90 Å². The van der Waals surface area contributed by atoms with Crippen LogP contribution < -0.4 is 9.46 Å². The molecule has 0 aliphatic rings. The van der Waals surface area contributed by atoms with Gasteiger partial charge in [0.25, 0.3) is 10.0 Å². The summed E-state index contributed by atoms with van der Waals surface area (Å²) in [6.07, 6.45) is 3.66. The molecule has 4 aromatic rings. The largest absolute Gasteiger partial charge is 0.504 e. The molecule has 6 nitrogen and oxygen atoms in total. The SMILES string of the molecule is COc1ccc(/C=C/c2ccc3c(Cl)cc(NS(=O)(=O)c4ccccc4)c(O)c3n2)cc1. The first-order chi connectivity index (χ1) is 15.4. The van der Waals surface area contributed by atoms with E-state index in [1.807, 2.05) is 30.3 Å². The number of halogens is 1. The topological polar surface area (TPSA) is 88.5 Å². The van der Waals surface area contributed by atoms with Gasteiger partial charge in [-0.3, -0.25) is 4.72 Å². The maximum atomic E-state index is 12.7. The molecule has 1 heterocycles. The fourth-order valence-electron chi connectivity index (χ4n) is 3.12. The highest BCUT2D eigenvalue weighted by atomic mass is 35.5. The van der Waals surface area contributed by atoms with E-state index in [-0.39, 0.29) is 26.9 Å². The smallest absolute Gasteiger partial charge is 0.262 e. The molecule has 0 fully saturated rings. The molecule has 0 unspecified atom stereocenters. The molecule has 32 heavy (non-hydrogen) atoms. The molecule has 162 valence electrons. The van der Waals surface area contributed by atoms with Crippen molar-refractivity contribution in [1.82, 2.24) is 4.98 Å². The number of ether oxygens (including phenoxy) is 1. The van der Waals surface area contributed by atoms with Gasteiger partial charge in [0.15, 0.2) is 5.75 Å². The second-order valence-corrected chi connectivity index (χ2v) is 9.00. The lowest BCUT2D eigenvalue weighted by molar-refractivity contribution is 0.415. The Morgan fingerprint density at radius 3 is 2.41 bits per heavy atom. The van der Waals surface area contributed by atoms with Gasteiger partial charge in [-0.1, -0.05) is 48.0 Å². The van der Waals surface area contributed by atoms with Crippen LogP contribution in [0.1, 0.15) is 11.3 Å². The normalized spacial score (nSPS) is 11.7. The standard InChI is InChI=1S/C24H19ClN2O4S/c1-31-18-12-8-16(9-13-18)7-10-17-11-14-20-21(25)15-22(24(28)23(20)26-17)27-32(29,30)19-5-3-2-4-6-19/h2-15,27-28H,1H3/b10-7+. The summed E-state index contributed by atoms with van der Waals surface area (Å²) in [5.41, 5.74) is 1.66. The molecule has 2 N–H and O–H groups in total. The summed E-state index contributed by atoms with van der Waals surface area (Å²) < 4.78 is 32.9. The van der Waals surface area contributed by atoms with E-state index in [2.05, 4.69) is 9.71 Å². The number of hydrogen-bond acceptors (Lipinski definition) is 5. The Morgan fingerprint density at radius 1 is 1.00 bits per heavy atom. The number of aromatic hydroxyl groups is 1. The van der Waals surface area contributed by atoms with Gasteiger partial charge < -0.3 is 9.84 Å². The second-order valence-electron chi connectivity index (χ2n) is 6.91. The summed E-state index contributed by atoms with van der Waals surface area (Å²) in [6.45, 7) is 0. The minimum atomic E-state index is -3.90. The Bertz CT molecular complexity index is 1400. The number of fused-ring (bicyclic) bond motifs is 1. The number of methoxy groups -OCH3 is 1. The first kappa shape index (κ1) is 21.7. The van der Waals surface area contributed by atoms with Crippen molar-refractivity contribution >= 4 is 50.4 Å². The number of phenolic OH excluding ortho intramolecular Hbond substituents is 1. The number of anilines is 1. The van der Waals surface area contributed by atoms with Gasteiger partial charge in [-0.25, -0.2) is 13.4 Å². The second kappa shape index (κ2) is 8.90. The predicted octanol–water partition coefficient (Wildman–Crippen LogP) is 5.57. The maximum Gasteiger partial charge on any atom is 0.262 e. The molecule has 0 spiro atoms. The average Bonchev–Trinajstić information content (AvgIpc) is 2.81. The van der Waals surface area contributed by atoms with Crippen LogP contribution >= 0.6 is 11.6 Å². The Balaban J connectivity index is 1.69. The lowest BCUT2D eigenvalue weighted by Crippen LogP contribution is -2.13. The molecule has 0 aliphatic heterocycles. The number of hydrogen-bond donors (Lipinski definition) is 2. The monoisotopic (exact) mass is 466 g/mol. The summed E-state index contributed by atoms with van der Waals surface area (Å²) in [5.74, 6) is 0.458. The fraction of sp³-hybridized carbons (Fsp3) is 0.0417. The van der Waals surface area contributed by atoms with Gasteiger partial charge in [0.2, 0.25) is 0 Å². The lowest BCUT2D eigenvalue weighted by atomic mass is 10.1. The summed E-state index contributed by atoms with van der Waals surface area (Å²) >= 11 is 6.35. The minimum absolute atomic E-state index is 0.0462. The van der Waals surface area contributed by atoms with Crippen molar-refractivity contribution in [3.63, 3.8) is 0 Å². The molecule has 4 rings (SSSR count). The summed E-state index contributed by atoms with van der Waals surface area (Å²) in [4.78, 5) is 4.54. The highest BCUT2D eigenvalue weighted by Crippen LogP contribution is 2.38. The number of rotatable bonds is 6. The van der Waals surface area contributed by atoms with Gasteiger partial charge in [0.1, 0.15) is 11.3 Å². The molecular formula is C24H19ClN2O4S. The number of pyridine rings is 1. The first-order valence-electron chi connectivity index (χ1n) is 9.59. The third kappa shape index (κ3) is 4.54.